The van der Waals surface area contributed by atoms with Gasteiger partial charge in [0.05, 0.1) is 6.61 Å². The van der Waals surface area contributed by atoms with E-state index >= 15 is 0 Å². The van der Waals surface area contributed by atoms with Gasteiger partial charge in [-0.2, -0.15) is 0 Å². The lowest BCUT2D eigenvalue weighted by atomic mass is 9.83. The standard InChI is InChI=1S/C12H17NO/c13-8-11-9-14-7-6-12(11)10-4-2-1-3-5-10/h1-5,11-12H,6-9,13H2/t11-,12-/m0/s1. The number of ether oxygens (including phenoxy) is 1. The molecule has 0 spiro atoms. The first-order valence-electron chi connectivity index (χ1n) is 5.24. The van der Waals surface area contributed by atoms with Gasteiger partial charge in [-0.1, -0.05) is 30.3 Å². The van der Waals surface area contributed by atoms with Gasteiger partial charge in [0.1, 0.15) is 0 Å². The fraction of sp³-hybridized carbons (Fsp3) is 0.500. The molecule has 1 heterocycles. The van der Waals surface area contributed by atoms with Crippen LogP contribution in [0.5, 0.6) is 0 Å². The van der Waals surface area contributed by atoms with Crippen LogP contribution >= 0.6 is 0 Å². The molecule has 2 N–H and O–H groups in total. The molecule has 1 aliphatic rings. The summed E-state index contributed by atoms with van der Waals surface area (Å²) in [5.41, 5.74) is 7.16. The minimum Gasteiger partial charge on any atom is -0.381 e. The van der Waals surface area contributed by atoms with Gasteiger partial charge in [0, 0.05) is 12.5 Å². The zero-order valence-electron chi connectivity index (χ0n) is 8.36. The Bertz CT molecular complexity index is 273. The Morgan fingerprint density at radius 2 is 2.07 bits per heavy atom. The second-order valence-electron chi connectivity index (χ2n) is 3.88. The summed E-state index contributed by atoms with van der Waals surface area (Å²) >= 11 is 0. The van der Waals surface area contributed by atoms with Crippen LogP contribution in [0.25, 0.3) is 0 Å². The zero-order chi connectivity index (χ0) is 9.80. The number of benzene rings is 1. The zero-order valence-corrected chi connectivity index (χ0v) is 8.36. The molecular weight excluding hydrogens is 174 g/mol. The van der Waals surface area contributed by atoms with E-state index in [4.69, 9.17) is 10.5 Å². The smallest absolute Gasteiger partial charge is 0.0512 e. The molecule has 0 unspecified atom stereocenters. The van der Waals surface area contributed by atoms with Crippen LogP contribution < -0.4 is 5.73 Å². The van der Waals surface area contributed by atoms with Crippen molar-refractivity contribution in [1.29, 1.82) is 0 Å². The molecule has 0 radical (unpaired) electrons. The Kier molecular flexibility index (Phi) is 3.17. The molecule has 0 amide bonds. The SMILES string of the molecule is NC[C@H]1COCC[C@H]1c1ccccc1. The Morgan fingerprint density at radius 3 is 2.79 bits per heavy atom. The highest BCUT2D eigenvalue weighted by molar-refractivity contribution is 5.20. The van der Waals surface area contributed by atoms with Crippen molar-refractivity contribution in [2.75, 3.05) is 19.8 Å². The second kappa shape index (κ2) is 4.58. The third-order valence-electron chi connectivity index (χ3n) is 3.00. The van der Waals surface area contributed by atoms with Crippen LogP contribution in [-0.2, 0) is 4.74 Å². The average molecular weight is 191 g/mol. The van der Waals surface area contributed by atoms with Crippen LogP contribution in [0.15, 0.2) is 30.3 Å². The molecule has 1 aromatic rings. The van der Waals surface area contributed by atoms with E-state index in [0.717, 1.165) is 26.2 Å². The summed E-state index contributed by atoms with van der Waals surface area (Å²) in [5.74, 6) is 1.08. The van der Waals surface area contributed by atoms with Gasteiger partial charge in [-0.05, 0) is 24.4 Å². The summed E-state index contributed by atoms with van der Waals surface area (Å²) in [6.45, 7) is 2.41. The van der Waals surface area contributed by atoms with Crippen LogP contribution in [0.4, 0.5) is 0 Å². The summed E-state index contributed by atoms with van der Waals surface area (Å²) in [4.78, 5) is 0. The van der Waals surface area contributed by atoms with Crippen LogP contribution in [0.2, 0.25) is 0 Å². The Morgan fingerprint density at radius 1 is 1.29 bits per heavy atom. The lowest BCUT2D eigenvalue weighted by Crippen LogP contribution is -2.31. The highest BCUT2D eigenvalue weighted by Gasteiger charge is 2.25. The summed E-state index contributed by atoms with van der Waals surface area (Å²) in [5, 5.41) is 0. The van der Waals surface area contributed by atoms with Crippen LogP contribution in [0.3, 0.4) is 0 Å². The van der Waals surface area contributed by atoms with Gasteiger partial charge >= 0.3 is 0 Å². The average Bonchev–Trinajstić information content (AvgIpc) is 2.30. The lowest BCUT2D eigenvalue weighted by molar-refractivity contribution is 0.0436. The molecule has 2 rings (SSSR count). The minimum absolute atomic E-state index is 0.492. The van der Waals surface area contributed by atoms with Gasteiger partial charge in [0.2, 0.25) is 0 Å². The highest BCUT2D eigenvalue weighted by atomic mass is 16.5. The summed E-state index contributed by atoms with van der Waals surface area (Å²) in [6.07, 6.45) is 1.10. The Balaban J connectivity index is 2.15. The predicted molar refractivity (Wildman–Crippen MR) is 57.2 cm³/mol. The van der Waals surface area contributed by atoms with Crippen molar-refractivity contribution in [2.45, 2.75) is 12.3 Å². The van der Waals surface area contributed by atoms with Gasteiger partial charge < -0.3 is 10.5 Å². The van der Waals surface area contributed by atoms with E-state index in [0.29, 0.717) is 11.8 Å². The molecule has 0 aromatic heterocycles. The topological polar surface area (TPSA) is 35.2 Å². The van der Waals surface area contributed by atoms with E-state index in [9.17, 15) is 0 Å². The van der Waals surface area contributed by atoms with Crippen LogP contribution in [-0.4, -0.2) is 19.8 Å². The summed E-state index contributed by atoms with van der Waals surface area (Å²) in [6, 6.07) is 10.6. The second-order valence-corrected chi connectivity index (χ2v) is 3.88. The van der Waals surface area contributed by atoms with Crippen molar-refractivity contribution < 1.29 is 4.74 Å². The number of hydrogen-bond donors (Lipinski definition) is 1. The maximum Gasteiger partial charge on any atom is 0.0512 e. The molecular formula is C12H17NO. The van der Waals surface area contributed by atoms with E-state index < -0.39 is 0 Å². The maximum absolute atomic E-state index is 5.75. The summed E-state index contributed by atoms with van der Waals surface area (Å²) < 4.78 is 5.44. The molecule has 2 atom stereocenters. The molecule has 76 valence electrons. The fourth-order valence-electron chi connectivity index (χ4n) is 2.17. The molecule has 0 aliphatic carbocycles. The van der Waals surface area contributed by atoms with Gasteiger partial charge in [0.25, 0.3) is 0 Å². The third kappa shape index (κ3) is 1.97. The monoisotopic (exact) mass is 191 g/mol. The van der Waals surface area contributed by atoms with E-state index in [1.54, 1.807) is 0 Å². The quantitative estimate of drug-likeness (QED) is 0.773. The lowest BCUT2D eigenvalue weighted by Gasteiger charge is -2.30. The number of hydrogen-bond acceptors (Lipinski definition) is 2. The molecule has 0 bridgehead atoms. The first-order valence-corrected chi connectivity index (χ1v) is 5.24. The van der Waals surface area contributed by atoms with Crippen molar-refractivity contribution in [2.24, 2.45) is 11.7 Å². The molecule has 14 heavy (non-hydrogen) atoms. The van der Waals surface area contributed by atoms with Gasteiger partial charge in [-0.15, -0.1) is 0 Å². The Hall–Kier alpha value is -0.860. The molecule has 1 aliphatic heterocycles. The number of nitrogens with two attached hydrogens (primary N) is 1. The molecule has 2 nitrogen and oxygen atoms in total. The van der Waals surface area contributed by atoms with Crippen molar-refractivity contribution in [3.63, 3.8) is 0 Å². The largest absolute Gasteiger partial charge is 0.381 e. The predicted octanol–water partition coefficient (Wildman–Crippen LogP) is 1.77. The van der Waals surface area contributed by atoms with E-state index in [1.165, 1.54) is 5.56 Å². The molecule has 1 saturated heterocycles. The first-order chi connectivity index (χ1) is 6.92. The molecule has 1 fully saturated rings. The van der Waals surface area contributed by atoms with Crippen molar-refractivity contribution >= 4 is 0 Å². The van der Waals surface area contributed by atoms with Crippen LogP contribution in [0.1, 0.15) is 17.9 Å². The fourth-order valence-corrected chi connectivity index (χ4v) is 2.17. The highest BCUT2D eigenvalue weighted by Crippen LogP contribution is 2.30. The van der Waals surface area contributed by atoms with Crippen molar-refractivity contribution in [1.82, 2.24) is 0 Å². The minimum atomic E-state index is 0.492. The molecule has 1 aromatic carbocycles. The third-order valence-corrected chi connectivity index (χ3v) is 3.00. The van der Waals surface area contributed by atoms with E-state index in [2.05, 4.69) is 30.3 Å². The van der Waals surface area contributed by atoms with E-state index in [1.807, 2.05) is 0 Å². The van der Waals surface area contributed by atoms with Gasteiger partial charge in [-0.3, -0.25) is 0 Å². The summed E-state index contributed by atoms with van der Waals surface area (Å²) in [7, 11) is 0. The Labute approximate surface area is 85.1 Å². The maximum atomic E-state index is 5.75. The molecule has 0 saturated carbocycles. The van der Waals surface area contributed by atoms with Crippen LogP contribution in [0, 0.1) is 5.92 Å². The van der Waals surface area contributed by atoms with Crippen molar-refractivity contribution in [3.05, 3.63) is 35.9 Å². The first kappa shape index (κ1) is 9.69. The molecule has 2 heteroatoms. The normalized spacial score (nSPS) is 27.5. The van der Waals surface area contributed by atoms with E-state index in [-0.39, 0.29) is 0 Å². The van der Waals surface area contributed by atoms with Gasteiger partial charge in [-0.25, -0.2) is 0 Å². The van der Waals surface area contributed by atoms with Crippen molar-refractivity contribution in [3.8, 4) is 0 Å². The van der Waals surface area contributed by atoms with Gasteiger partial charge in [0.15, 0.2) is 0 Å². The number of rotatable bonds is 2.